The molecule has 1 aromatic rings. The molecule has 2 nitrogen and oxygen atoms in total. The van der Waals surface area contributed by atoms with Crippen LogP contribution in [0.25, 0.3) is 6.08 Å². The summed E-state index contributed by atoms with van der Waals surface area (Å²) in [6.45, 7) is 26.6. The minimum atomic E-state index is -0.780. The number of rotatable bonds is 2. The molecular formula is C32H45O2S2+. The van der Waals surface area contributed by atoms with Crippen LogP contribution >= 0.6 is 23.1 Å². The molecule has 1 saturated carbocycles. The van der Waals surface area contributed by atoms with E-state index in [1.165, 1.54) is 19.6 Å². The number of Topliss-reactive ketones (excluding diaryl/α,β-unsaturated/α-hetero) is 1. The summed E-state index contributed by atoms with van der Waals surface area (Å²) in [5.74, 6) is -0.480. The Bertz CT molecular complexity index is 1100. The number of ketones is 1. The fourth-order valence-electron chi connectivity index (χ4n) is 3.99. The Morgan fingerprint density at radius 3 is 1.58 bits per heavy atom. The quantitative estimate of drug-likeness (QED) is 0.309. The van der Waals surface area contributed by atoms with Gasteiger partial charge in [-0.25, -0.2) is 0 Å². The van der Waals surface area contributed by atoms with E-state index in [1.807, 2.05) is 35.3 Å². The second kappa shape index (κ2) is 9.67. The van der Waals surface area contributed by atoms with Crippen molar-refractivity contribution in [2.24, 2.45) is 16.7 Å². The fraction of sp³-hybridized carbons (Fsp3) is 0.562. The van der Waals surface area contributed by atoms with Crippen LogP contribution in [0, 0.1) is 16.7 Å². The number of aliphatic hydroxyl groups is 1. The summed E-state index contributed by atoms with van der Waals surface area (Å²) in [7, 11) is 0. The fourth-order valence-corrected chi connectivity index (χ4v) is 6.47. The molecule has 1 aromatic heterocycles. The van der Waals surface area contributed by atoms with Gasteiger partial charge in [0.25, 0.3) is 0 Å². The van der Waals surface area contributed by atoms with Gasteiger partial charge in [-0.1, -0.05) is 101 Å². The highest BCUT2D eigenvalue weighted by Gasteiger charge is 2.43. The number of carbonyl (C=O) groups is 1. The van der Waals surface area contributed by atoms with Crippen molar-refractivity contribution in [2.45, 2.75) is 100 Å². The molecule has 2 aliphatic rings. The summed E-state index contributed by atoms with van der Waals surface area (Å²) in [4.78, 5) is 18.4. The molecule has 0 aromatic carbocycles. The van der Waals surface area contributed by atoms with Crippen molar-refractivity contribution in [1.82, 2.24) is 0 Å². The molecule has 0 bridgehead atoms. The van der Waals surface area contributed by atoms with Gasteiger partial charge in [0.1, 0.15) is 0 Å². The molecule has 2 atom stereocenters. The first kappa shape index (κ1) is 29.1. The third-order valence-corrected chi connectivity index (χ3v) is 10.3. The lowest BCUT2D eigenvalue weighted by Gasteiger charge is -2.34. The Labute approximate surface area is 227 Å². The summed E-state index contributed by atoms with van der Waals surface area (Å²) in [6, 6.07) is 4.35. The molecule has 36 heavy (non-hydrogen) atoms. The lowest BCUT2D eigenvalue weighted by Crippen LogP contribution is -2.43. The number of aliphatic hydroxyl groups excluding tert-OH is 1. The molecule has 0 saturated heterocycles. The Balaban J connectivity index is 1.98. The van der Waals surface area contributed by atoms with E-state index in [2.05, 4.69) is 107 Å². The van der Waals surface area contributed by atoms with E-state index in [1.54, 1.807) is 0 Å². The highest BCUT2D eigenvalue weighted by Crippen LogP contribution is 2.49. The zero-order valence-electron chi connectivity index (χ0n) is 24.3. The van der Waals surface area contributed by atoms with Gasteiger partial charge >= 0.3 is 0 Å². The Kier molecular flexibility index (Phi) is 7.81. The summed E-state index contributed by atoms with van der Waals surface area (Å²) in [5, 5.41) is 11.1. The van der Waals surface area contributed by atoms with E-state index in [0.717, 1.165) is 11.1 Å². The predicted molar refractivity (Wildman–Crippen MR) is 159 cm³/mol. The summed E-state index contributed by atoms with van der Waals surface area (Å²) >= 11 is 3.67. The molecule has 0 amide bonds. The van der Waals surface area contributed by atoms with Crippen molar-refractivity contribution < 1.29 is 9.90 Å². The summed E-state index contributed by atoms with van der Waals surface area (Å²) in [5.41, 5.74) is 2.60. The minimum Gasteiger partial charge on any atom is -0.387 e. The number of allylic oxidation sites excluding steroid dienone is 5. The van der Waals surface area contributed by atoms with E-state index < -0.39 is 12.0 Å². The molecule has 1 aliphatic carbocycles. The Morgan fingerprint density at radius 1 is 0.778 bits per heavy atom. The second-order valence-electron chi connectivity index (χ2n) is 14.3. The molecular weight excluding hydrogens is 480 g/mol. The molecule has 4 heteroatoms. The first-order chi connectivity index (χ1) is 16.2. The number of hydrogen-bond donors (Lipinski definition) is 1. The lowest BCUT2D eigenvalue weighted by atomic mass is 9.73. The third kappa shape index (κ3) is 6.49. The Morgan fingerprint density at radius 2 is 1.22 bits per heavy atom. The van der Waals surface area contributed by atoms with Crippen LogP contribution in [0.15, 0.2) is 51.3 Å². The van der Waals surface area contributed by atoms with Gasteiger partial charge in [-0.05, 0) is 50.0 Å². The first-order valence-corrected chi connectivity index (χ1v) is 14.6. The van der Waals surface area contributed by atoms with Crippen molar-refractivity contribution in [3.63, 3.8) is 0 Å². The maximum Gasteiger partial charge on any atom is 0.219 e. The van der Waals surface area contributed by atoms with E-state index in [0.29, 0.717) is 5.57 Å². The van der Waals surface area contributed by atoms with Gasteiger partial charge in [-0.3, -0.25) is 4.79 Å². The average molecular weight is 526 g/mol. The van der Waals surface area contributed by atoms with Crippen LogP contribution in [0.3, 0.4) is 0 Å². The van der Waals surface area contributed by atoms with Crippen molar-refractivity contribution in [1.29, 1.82) is 0 Å². The molecule has 2 heterocycles. The minimum absolute atomic E-state index is 0.0154. The van der Waals surface area contributed by atoms with Gasteiger partial charge in [0, 0.05) is 28.5 Å². The van der Waals surface area contributed by atoms with Crippen LogP contribution in [0.5, 0.6) is 0 Å². The third-order valence-electron chi connectivity index (χ3n) is 6.53. The highest BCUT2D eigenvalue weighted by atomic mass is 32.2. The summed E-state index contributed by atoms with van der Waals surface area (Å²) < 4.78 is 0. The van der Waals surface area contributed by atoms with Gasteiger partial charge < -0.3 is 5.11 Å². The van der Waals surface area contributed by atoms with Gasteiger partial charge in [-0.15, -0.1) is 0 Å². The molecule has 3 rings (SSSR count). The van der Waals surface area contributed by atoms with Gasteiger partial charge in [-0.2, -0.15) is 0 Å². The van der Waals surface area contributed by atoms with Gasteiger partial charge in [0.15, 0.2) is 5.78 Å². The summed E-state index contributed by atoms with van der Waals surface area (Å²) in [6.07, 6.45) is 7.47. The second-order valence-corrected chi connectivity index (χ2v) is 16.5. The number of thioether (sulfide) groups is 1. The largest absolute Gasteiger partial charge is 0.387 e. The predicted octanol–water partition coefficient (Wildman–Crippen LogP) is 9.10. The Hall–Kier alpha value is -1.49. The molecule has 196 valence electrons. The van der Waals surface area contributed by atoms with E-state index in [4.69, 9.17) is 0 Å². The zero-order chi connectivity index (χ0) is 27.4. The van der Waals surface area contributed by atoms with Crippen LogP contribution in [-0.4, -0.2) is 17.0 Å². The van der Waals surface area contributed by atoms with Crippen LogP contribution < -0.4 is 0 Å². The van der Waals surface area contributed by atoms with Gasteiger partial charge in [0.2, 0.25) is 21.1 Å². The molecule has 1 N–H and O–H groups in total. The van der Waals surface area contributed by atoms with E-state index in [-0.39, 0.29) is 27.4 Å². The normalized spacial score (nSPS) is 22.9. The topological polar surface area (TPSA) is 37.3 Å². The van der Waals surface area contributed by atoms with Gasteiger partial charge in [0.05, 0.1) is 12.0 Å². The molecule has 1 fully saturated rings. The monoisotopic (exact) mass is 525 g/mol. The number of hydrogen-bond acceptors (Lipinski definition) is 3. The first-order valence-electron chi connectivity index (χ1n) is 12.9. The SMILES string of the molecule is CC(C)(C)C1=CC(=CC2C(=O)C(=Cc3cc(C(C)(C)C)[s+]c(C(C)(C)C)c3)C2O)C=C(C(C)(C)C)S1. The lowest BCUT2D eigenvalue weighted by molar-refractivity contribution is -0.127. The van der Waals surface area contributed by atoms with Crippen LogP contribution in [0.1, 0.15) is 98.4 Å². The standard InChI is InChI=1S/C32H45O2S2/c1-29(2,3)23-15-19(16-24(35-23)30(4,5)6)13-21-27(33)22(28(21)34)14-20-17-25(31(7,8)9)36-26(18-20)32(10,11)12/h13-18,21,27,33H,1-12H3/q+1. The maximum atomic E-state index is 13.3. The van der Waals surface area contributed by atoms with E-state index in [9.17, 15) is 9.90 Å². The van der Waals surface area contributed by atoms with E-state index >= 15 is 0 Å². The maximum absolute atomic E-state index is 13.3. The number of carbonyl (C=O) groups excluding carboxylic acids is 1. The average Bonchev–Trinajstić information content (AvgIpc) is 2.72. The van der Waals surface area contributed by atoms with Crippen LogP contribution in [-0.2, 0) is 15.6 Å². The molecule has 2 unspecified atom stereocenters. The molecule has 0 spiro atoms. The highest BCUT2D eigenvalue weighted by molar-refractivity contribution is 8.06. The smallest absolute Gasteiger partial charge is 0.219 e. The molecule has 0 radical (unpaired) electrons. The van der Waals surface area contributed by atoms with Crippen molar-refractivity contribution in [2.75, 3.05) is 0 Å². The zero-order valence-corrected chi connectivity index (χ0v) is 25.9. The molecule has 1 aliphatic heterocycles. The van der Waals surface area contributed by atoms with Crippen molar-refractivity contribution in [3.05, 3.63) is 66.6 Å². The van der Waals surface area contributed by atoms with Crippen molar-refractivity contribution in [3.8, 4) is 0 Å². The van der Waals surface area contributed by atoms with Crippen LogP contribution in [0.4, 0.5) is 0 Å². The van der Waals surface area contributed by atoms with Crippen LogP contribution in [0.2, 0.25) is 0 Å². The van der Waals surface area contributed by atoms with Crippen molar-refractivity contribution >= 4 is 35.0 Å².